The Hall–Kier alpha value is -4.60. The molecule has 0 saturated heterocycles. The summed E-state index contributed by atoms with van der Waals surface area (Å²) in [5.41, 5.74) is 1.46. The van der Waals surface area contributed by atoms with E-state index < -0.39 is 23.4 Å². The van der Waals surface area contributed by atoms with E-state index in [9.17, 15) is 19.7 Å². The summed E-state index contributed by atoms with van der Waals surface area (Å²) in [6, 6.07) is 18.3. The normalized spacial score (nSPS) is 12.2. The van der Waals surface area contributed by atoms with Crippen LogP contribution in [0.4, 0.5) is 17.1 Å². The minimum atomic E-state index is -0.863. The van der Waals surface area contributed by atoms with Crippen LogP contribution in [0.2, 0.25) is 0 Å². The third-order valence-corrected chi connectivity index (χ3v) is 5.13. The lowest BCUT2D eigenvalue weighted by Crippen LogP contribution is -2.21. The molecule has 10 heteroatoms. The number of non-ortho nitro benzene ring substituents is 1. The summed E-state index contributed by atoms with van der Waals surface area (Å²) in [6.07, 6.45) is 0.756. The Bertz CT molecular complexity index is 1230. The molecule has 1 amide bonds. The fourth-order valence-corrected chi connectivity index (χ4v) is 3.41. The third-order valence-electron chi connectivity index (χ3n) is 5.13. The van der Waals surface area contributed by atoms with Gasteiger partial charge in [-0.1, -0.05) is 30.3 Å². The average molecular weight is 477 g/mol. The monoisotopic (exact) mass is 477 g/mol. The van der Waals surface area contributed by atoms with Gasteiger partial charge in [-0.2, -0.15) is 0 Å². The van der Waals surface area contributed by atoms with Gasteiger partial charge in [-0.3, -0.25) is 14.9 Å². The molecule has 0 saturated carbocycles. The standard InChI is InChI=1S/C25H23N3O7/c29-24(27-18-7-10-22-23(13-18)34-12-4-11-33-22)16-35-25(30)20-14-19(28(31)32)8-9-21(20)26-15-17-5-2-1-3-6-17/h1-3,5-10,13-14,26H,4,11-12,15-16H2,(H,27,29). The number of hydrogen-bond acceptors (Lipinski definition) is 8. The minimum absolute atomic E-state index is 0.0430. The molecule has 0 radical (unpaired) electrons. The summed E-state index contributed by atoms with van der Waals surface area (Å²) < 4.78 is 16.3. The van der Waals surface area contributed by atoms with Gasteiger partial charge in [0.05, 0.1) is 23.7 Å². The molecule has 180 valence electrons. The number of nitro groups is 1. The Morgan fingerprint density at radius 1 is 0.971 bits per heavy atom. The summed E-state index contributed by atoms with van der Waals surface area (Å²) in [6.45, 7) is 0.873. The van der Waals surface area contributed by atoms with Crippen molar-refractivity contribution < 1.29 is 28.7 Å². The van der Waals surface area contributed by atoms with E-state index in [2.05, 4.69) is 10.6 Å². The minimum Gasteiger partial charge on any atom is -0.490 e. The molecule has 0 spiro atoms. The van der Waals surface area contributed by atoms with Crippen molar-refractivity contribution in [2.75, 3.05) is 30.5 Å². The van der Waals surface area contributed by atoms with E-state index in [0.29, 0.717) is 42.6 Å². The highest BCUT2D eigenvalue weighted by atomic mass is 16.6. The van der Waals surface area contributed by atoms with Crippen LogP contribution in [0.25, 0.3) is 0 Å². The molecular formula is C25H23N3O7. The van der Waals surface area contributed by atoms with Crippen LogP contribution >= 0.6 is 0 Å². The van der Waals surface area contributed by atoms with Crippen LogP contribution in [0, 0.1) is 10.1 Å². The molecule has 3 aromatic carbocycles. The number of rotatable bonds is 8. The van der Waals surface area contributed by atoms with Crippen molar-refractivity contribution in [3.8, 4) is 11.5 Å². The van der Waals surface area contributed by atoms with Gasteiger partial charge in [0.2, 0.25) is 0 Å². The maximum Gasteiger partial charge on any atom is 0.341 e. The molecule has 0 fully saturated rings. The second kappa shape index (κ2) is 11.0. The first-order valence-electron chi connectivity index (χ1n) is 10.9. The molecule has 0 atom stereocenters. The molecular weight excluding hydrogens is 454 g/mol. The van der Waals surface area contributed by atoms with Gasteiger partial charge in [0.25, 0.3) is 11.6 Å². The summed E-state index contributed by atoms with van der Waals surface area (Å²) in [5, 5.41) is 16.9. The van der Waals surface area contributed by atoms with Crippen molar-refractivity contribution in [1.29, 1.82) is 0 Å². The summed E-state index contributed by atoms with van der Waals surface area (Å²) in [7, 11) is 0. The van der Waals surface area contributed by atoms with Gasteiger partial charge in [-0.05, 0) is 23.8 Å². The Kier molecular flexibility index (Phi) is 7.41. The molecule has 0 unspecified atom stereocenters. The molecule has 4 rings (SSSR count). The van der Waals surface area contributed by atoms with Gasteiger partial charge in [0.1, 0.15) is 0 Å². The number of carbonyl (C=O) groups is 2. The zero-order valence-corrected chi connectivity index (χ0v) is 18.7. The Morgan fingerprint density at radius 2 is 1.74 bits per heavy atom. The van der Waals surface area contributed by atoms with Crippen molar-refractivity contribution in [1.82, 2.24) is 0 Å². The molecule has 1 heterocycles. The predicted molar refractivity (Wildman–Crippen MR) is 128 cm³/mol. The summed E-state index contributed by atoms with van der Waals surface area (Å²) >= 11 is 0. The average Bonchev–Trinajstić information content (AvgIpc) is 3.11. The summed E-state index contributed by atoms with van der Waals surface area (Å²) in [4.78, 5) is 35.7. The van der Waals surface area contributed by atoms with E-state index in [1.54, 1.807) is 18.2 Å². The van der Waals surface area contributed by atoms with Crippen molar-refractivity contribution in [2.45, 2.75) is 13.0 Å². The lowest BCUT2D eigenvalue weighted by atomic mass is 10.1. The molecule has 2 N–H and O–H groups in total. The number of nitrogens with zero attached hydrogens (tertiary/aromatic N) is 1. The number of fused-ring (bicyclic) bond motifs is 1. The Balaban J connectivity index is 1.40. The van der Waals surface area contributed by atoms with E-state index in [4.69, 9.17) is 14.2 Å². The first-order chi connectivity index (χ1) is 17.0. The molecule has 0 aromatic heterocycles. The molecule has 1 aliphatic heterocycles. The van der Waals surface area contributed by atoms with Crippen molar-refractivity contribution in [3.05, 3.63) is 88.0 Å². The first-order valence-corrected chi connectivity index (χ1v) is 10.9. The maximum absolute atomic E-state index is 12.7. The number of amides is 1. The van der Waals surface area contributed by atoms with Crippen LogP contribution in [0.15, 0.2) is 66.7 Å². The molecule has 10 nitrogen and oxygen atoms in total. The zero-order valence-electron chi connectivity index (χ0n) is 18.7. The predicted octanol–water partition coefficient (Wildman–Crippen LogP) is 4.16. The van der Waals surface area contributed by atoms with Crippen LogP contribution in [-0.4, -0.2) is 36.6 Å². The molecule has 35 heavy (non-hydrogen) atoms. The van der Waals surface area contributed by atoms with Crippen LogP contribution in [0.3, 0.4) is 0 Å². The van der Waals surface area contributed by atoms with Crippen LogP contribution in [0.1, 0.15) is 22.3 Å². The van der Waals surface area contributed by atoms with Crippen LogP contribution < -0.4 is 20.1 Å². The number of hydrogen-bond donors (Lipinski definition) is 2. The number of anilines is 2. The van der Waals surface area contributed by atoms with Crippen molar-refractivity contribution in [3.63, 3.8) is 0 Å². The van der Waals surface area contributed by atoms with E-state index in [0.717, 1.165) is 18.1 Å². The van der Waals surface area contributed by atoms with Crippen LogP contribution in [0.5, 0.6) is 11.5 Å². The van der Waals surface area contributed by atoms with E-state index >= 15 is 0 Å². The quantitative estimate of drug-likeness (QED) is 0.281. The Morgan fingerprint density at radius 3 is 2.51 bits per heavy atom. The fraction of sp³-hybridized carbons (Fsp3) is 0.200. The maximum atomic E-state index is 12.7. The number of carbonyl (C=O) groups excluding carboxylic acids is 2. The molecule has 3 aromatic rings. The SMILES string of the molecule is O=C(COC(=O)c1cc([N+](=O)[O-])ccc1NCc1ccccc1)Nc1ccc2c(c1)OCCCO2. The second-order valence-corrected chi connectivity index (χ2v) is 7.66. The number of ether oxygens (including phenoxy) is 3. The zero-order chi connectivity index (χ0) is 24.6. The molecule has 0 aliphatic carbocycles. The largest absolute Gasteiger partial charge is 0.490 e. The number of nitro benzene ring substituents is 1. The van der Waals surface area contributed by atoms with Crippen molar-refractivity contribution in [2.24, 2.45) is 0 Å². The van der Waals surface area contributed by atoms with Gasteiger partial charge in [-0.15, -0.1) is 0 Å². The smallest absolute Gasteiger partial charge is 0.341 e. The van der Waals surface area contributed by atoms with Crippen LogP contribution in [-0.2, 0) is 16.1 Å². The van der Waals surface area contributed by atoms with Crippen molar-refractivity contribution >= 4 is 28.9 Å². The highest BCUT2D eigenvalue weighted by molar-refractivity contribution is 5.99. The number of esters is 1. The molecule has 0 bridgehead atoms. The number of nitrogens with one attached hydrogen (secondary N) is 2. The highest BCUT2D eigenvalue weighted by Gasteiger charge is 2.19. The second-order valence-electron chi connectivity index (χ2n) is 7.66. The Labute approximate surface area is 201 Å². The van der Waals surface area contributed by atoms with Gasteiger partial charge >= 0.3 is 5.97 Å². The van der Waals surface area contributed by atoms with E-state index in [-0.39, 0.29) is 11.3 Å². The van der Waals surface area contributed by atoms with Gasteiger partial charge in [0.15, 0.2) is 18.1 Å². The molecule has 1 aliphatic rings. The fourth-order valence-electron chi connectivity index (χ4n) is 3.41. The summed E-state index contributed by atoms with van der Waals surface area (Å²) in [5.74, 6) is -0.328. The first kappa shape index (κ1) is 23.6. The third kappa shape index (κ3) is 6.26. The van der Waals surface area contributed by atoms with E-state index in [1.165, 1.54) is 12.1 Å². The highest BCUT2D eigenvalue weighted by Crippen LogP contribution is 2.32. The number of benzene rings is 3. The van der Waals surface area contributed by atoms with E-state index in [1.807, 2.05) is 30.3 Å². The van der Waals surface area contributed by atoms with Gasteiger partial charge in [-0.25, -0.2) is 4.79 Å². The lowest BCUT2D eigenvalue weighted by Gasteiger charge is -2.13. The topological polar surface area (TPSA) is 129 Å². The van der Waals surface area contributed by atoms with Gasteiger partial charge in [0, 0.05) is 42.5 Å². The lowest BCUT2D eigenvalue weighted by molar-refractivity contribution is -0.384. The van der Waals surface area contributed by atoms with Gasteiger partial charge < -0.3 is 24.8 Å².